The van der Waals surface area contributed by atoms with Gasteiger partial charge in [-0.05, 0) is 51.4 Å². The number of carbonyl (C=O) groups excluding carboxylic acids is 2. The first-order chi connectivity index (χ1) is 39.1. The smallest absolute Gasteiger partial charge is 0.361 e. The molecule has 0 saturated heterocycles. The van der Waals surface area contributed by atoms with Crippen LogP contribution in [0.5, 0.6) is 0 Å². The van der Waals surface area contributed by atoms with Crippen molar-refractivity contribution < 1.29 is 42.9 Å². The number of unbranched alkanes of at least 4 members (excludes halogenated alkanes) is 41. The van der Waals surface area contributed by atoms with Crippen molar-refractivity contribution in [3.05, 3.63) is 48.6 Å². The Morgan fingerprint density at radius 2 is 0.713 bits per heavy atom. The molecule has 0 heterocycles. The fourth-order valence-corrected chi connectivity index (χ4v) is 10.1. The van der Waals surface area contributed by atoms with E-state index in [-0.39, 0.29) is 38.2 Å². The number of quaternary nitrogens is 1. The van der Waals surface area contributed by atoms with Gasteiger partial charge in [0.05, 0.1) is 34.4 Å². The molecule has 0 amide bonds. The average molecular weight is 1130 g/mol. The Morgan fingerprint density at radius 1 is 0.388 bits per heavy atom. The van der Waals surface area contributed by atoms with E-state index in [0.717, 1.165) is 64.2 Å². The average Bonchev–Trinajstić information content (AvgIpc) is 3.43. The lowest BCUT2D eigenvalue weighted by Crippen LogP contribution is -2.40. The second-order valence-corrected chi connectivity index (χ2v) is 24.5. The van der Waals surface area contributed by atoms with Gasteiger partial charge in [0.15, 0.2) is 6.10 Å². The lowest BCUT2D eigenvalue weighted by atomic mass is 10.0. The molecule has 1 N–H and O–H groups in total. The van der Waals surface area contributed by atoms with Crippen molar-refractivity contribution in [3.8, 4) is 0 Å². The Bertz CT molecular complexity index is 1450. The van der Waals surface area contributed by atoms with E-state index in [1.54, 1.807) is 0 Å². The number of hydrogen-bond donors (Lipinski definition) is 1. The molecule has 0 fully saturated rings. The molecule has 0 saturated carbocycles. The highest BCUT2D eigenvalue weighted by Gasteiger charge is 2.25. The maximum absolute atomic E-state index is 12.9. The lowest BCUT2D eigenvalue weighted by molar-refractivity contribution is -0.870. The molecular weight excluding hydrogens is 995 g/mol. The Labute approximate surface area is 495 Å². The van der Waals surface area contributed by atoms with Crippen molar-refractivity contribution in [2.45, 2.75) is 341 Å². The molecule has 0 aliphatic carbocycles. The van der Waals surface area contributed by atoms with Crippen LogP contribution in [0.15, 0.2) is 48.6 Å². The van der Waals surface area contributed by atoms with Gasteiger partial charge in [-0.25, -0.2) is 4.79 Å². The first-order valence-corrected chi connectivity index (χ1v) is 34.3. The molecule has 468 valence electrons. The van der Waals surface area contributed by atoms with Gasteiger partial charge in [0, 0.05) is 12.8 Å². The summed E-state index contributed by atoms with van der Waals surface area (Å²) in [6, 6.07) is 0. The zero-order valence-electron chi connectivity index (χ0n) is 53.5. The van der Waals surface area contributed by atoms with E-state index in [0.29, 0.717) is 17.4 Å². The van der Waals surface area contributed by atoms with Crippen LogP contribution in [0.2, 0.25) is 0 Å². The van der Waals surface area contributed by atoms with Crippen molar-refractivity contribution in [2.24, 2.45) is 0 Å². The van der Waals surface area contributed by atoms with E-state index in [2.05, 4.69) is 62.5 Å². The zero-order chi connectivity index (χ0) is 58.3. The quantitative estimate of drug-likeness (QED) is 0.0211. The van der Waals surface area contributed by atoms with Gasteiger partial charge in [-0.3, -0.25) is 9.59 Å². The number of allylic oxidation sites excluding steroid dienone is 8. The number of nitrogens with zero attached hydrogens (tertiary/aromatic N) is 1. The molecule has 0 aliphatic heterocycles. The largest absolute Gasteiger partial charge is 0.477 e. The van der Waals surface area contributed by atoms with Gasteiger partial charge in [0.2, 0.25) is 0 Å². The fraction of sp³-hybridized carbons (Fsp3) is 0.845. The highest BCUT2D eigenvalue weighted by Crippen LogP contribution is 2.19. The summed E-state index contributed by atoms with van der Waals surface area (Å²) >= 11 is 0. The summed E-state index contributed by atoms with van der Waals surface area (Å²) in [5.74, 6) is -1.98. The number of carbonyl (C=O) groups is 3. The summed E-state index contributed by atoms with van der Waals surface area (Å²) in [6.07, 6.45) is 76.6. The molecule has 2 atom stereocenters. The minimum atomic E-state index is -1.51. The van der Waals surface area contributed by atoms with Crippen molar-refractivity contribution in [2.75, 3.05) is 47.5 Å². The Morgan fingerprint density at radius 3 is 1.06 bits per heavy atom. The summed E-state index contributed by atoms with van der Waals surface area (Å²) in [5.41, 5.74) is 0. The van der Waals surface area contributed by atoms with Crippen LogP contribution < -0.4 is 0 Å². The predicted octanol–water partition coefficient (Wildman–Crippen LogP) is 21.0. The second-order valence-electron chi connectivity index (χ2n) is 24.5. The molecule has 0 aromatic rings. The van der Waals surface area contributed by atoms with E-state index in [4.69, 9.17) is 18.9 Å². The standard InChI is InChI=1S/C71H131NO8/c1-6-8-10-12-14-16-18-20-22-24-26-27-28-29-30-31-32-33-34-35-36-37-38-39-40-41-42-43-44-46-48-50-52-54-56-58-60-62-69(74)80-67(66-79-71(70(75)76)77-64-63-72(3,4)5)65-78-68(73)61-59-57-55-53-51-49-47-45-25-23-21-19-17-15-13-11-9-7-2/h8,10,14,16,20,22,26-27,67,71H,6-7,9,11-13,15,17-19,21,23-25,28-66H2,1-5H3/p+1/b10-8-,16-14-,22-20-,27-26-. The molecule has 0 spiro atoms. The number of carboxylic acid groups (broad SMARTS) is 1. The number of aliphatic carboxylic acids is 1. The van der Waals surface area contributed by atoms with E-state index in [9.17, 15) is 19.5 Å². The summed E-state index contributed by atoms with van der Waals surface area (Å²) in [7, 11) is 5.99. The Balaban J connectivity index is 3.99. The van der Waals surface area contributed by atoms with Crippen LogP contribution in [0.1, 0.15) is 328 Å². The van der Waals surface area contributed by atoms with Crippen molar-refractivity contribution in [3.63, 3.8) is 0 Å². The van der Waals surface area contributed by atoms with E-state index in [1.165, 1.54) is 238 Å². The molecule has 9 nitrogen and oxygen atoms in total. The highest BCUT2D eigenvalue weighted by molar-refractivity contribution is 5.71. The molecule has 0 aliphatic rings. The molecule has 9 heteroatoms. The molecule has 0 aromatic carbocycles. The van der Waals surface area contributed by atoms with Gasteiger partial charge >= 0.3 is 17.9 Å². The first kappa shape index (κ1) is 77.2. The maximum Gasteiger partial charge on any atom is 0.361 e. The maximum atomic E-state index is 12.9. The minimum Gasteiger partial charge on any atom is -0.477 e. The van der Waals surface area contributed by atoms with Gasteiger partial charge in [0.1, 0.15) is 13.2 Å². The Hall–Kier alpha value is -2.75. The second kappa shape index (κ2) is 62.3. The first-order valence-electron chi connectivity index (χ1n) is 34.3. The number of carboxylic acids is 1. The van der Waals surface area contributed by atoms with Crippen LogP contribution in [-0.2, 0) is 33.3 Å². The van der Waals surface area contributed by atoms with E-state index >= 15 is 0 Å². The van der Waals surface area contributed by atoms with Gasteiger partial charge in [-0.2, -0.15) is 0 Å². The third-order valence-corrected chi connectivity index (χ3v) is 15.3. The minimum absolute atomic E-state index is 0.175. The van der Waals surface area contributed by atoms with Crippen molar-refractivity contribution in [1.29, 1.82) is 0 Å². The number of ether oxygens (including phenoxy) is 4. The molecule has 0 bridgehead atoms. The zero-order valence-corrected chi connectivity index (χ0v) is 53.5. The van der Waals surface area contributed by atoms with Crippen LogP contribution in [0.4, 0.5) is 0 Å². The van der Waals surface area contributed by atoms with Crippen LogP contribution in [-0.4, -0.2) is 87.4 Å². The molecule has 0 rings (SSSR count). The molecule has 0 radical (unpaired) electrons. The number of likely N-dealkylation sites (N-methyl/N-ethyl adjacent to an activating group) is 1. The fourth-order valence-electron chi connectivity index (χ4n) is 10.1. The lowest BCUT2D eigenvalue weighted by Gasteiger charge is -2.25. The van der Waals surface area contributed by atoms with Gasteiger partial charge < -0.3 is 28.5 Å². The van der Waals surface area contributed by atoms with E-state index in [1.807, 2.05) is 21.1 Å². The number of hydrogen-bond acceptors (Lipinski definition) is 7. The topological polar surface area (TPSA) is 108 Å². The predicted molar refractivity (Wildman–Crippen MR) is 341 cm³/mol. The molecule has 2 unspecified atom stereocenters. The summed E-state index contributed by atoms with van der Waals surface area (Å²) in [6.45, 7) is 4.82. The third kappa shape index (κ3) is 62.8. The van der Waals surface area contributed by atoms with Crippen LogP contribution >= 0.6 is 0 Å². The monoisotopic (exact) mass is 1130 g/mol. The van der Waals surface area contributed by atoms with Crippen LogP contribution in [0.25, 0.3) is 0 Å². The van der Waals surface area contributed by atoms with Gasteiger partial charge in [-0.15, -0.1) is 0 Å². The molecular formula is C71H132NO8+. The SMILES string of the molecule is CC/C=C\C/C=C\C/C=C\C/C=C\CCCCCCCCCCCCCCCCCCCCCCCCCCC(=O)OC(COC(=O)CCCCCCCCCCCCCCCCCCCC)COC(OCC[N+](C)(C)C)C(=O)O. The summed E-state index contributed by atoms with van der Waals surface area (Å²) in [4.78, 5) is 37.5. The summed E-state index contributed by atoms with van der Waals surface area (Å²) in [5, 5.41) is 9.73. The third-order valence-electron chi connectivity index (χ3n) is 15.3. The summed E-state index contributed by atoms with van der Waals surface area (Å²) < 4.78 is 23.0. The van der Waals surface area contributed by atoms with Crippen molar-refractivity contribution in [1.82, 2.24) is 0 Å². The van der Waals surface area contributed by atoms with Gasteiger partial charge in [0.25, 0.3) is 6.29 Å². The van der Waals surface area contributed by atoms with E-state index < -0.39 is 18.4 Å². The number of rotatable bonds is 64. The van der Waals surface area contributed by atoms with Gasteiger partial charge in [-0.1, -0.05) is 313 Å². The Kier molecular flexibility index (Phi) is 60.2. The van der Waals surface area contributed by atoms with Crippen LogP contribution in [0.3, 0.4) is 0 Å². The van der Waals surface area contributed by atoms with Crippen LogP contribution in [0, 0.1) is 0 Å². The normalized spacial score (nSPS) is 13.0. The highest BCUT2D eigenvalue weighted by atomic mass is 16.7. The van der Waals surface area contributed by atoms with Crippen molar-refractivity contribution >= 4 is 17.9 Å². The molecule has 0 aromatic heterocycles. The number of esters is 2. The molecule has 80 heavy (non-hydrogen) atoms.